The van der Waals surface area contributed by atoms with Crippen molar-refractivity contribution >= 4 is 23.5 Å². The molecule has 1 rings (SSSR count). The van der Waals surface area contributed by atoms with E-state index in [0.717, 1.165) is 0 Å². The lowest BCUT2D eigenvalue weighted by atomic mass is 10.0. The first-order valence-corrected chi connectivity index (χ1v) is 7.46. The van der Waals surface area contributed by atoms with E-state index in [1.807, 2.05) is 27.7 Å². The first kappa shape index (κ1) is 17.5. The molecule has 0 aromatic heterocycles. The van der Waals surface area contributed by atoms with E-state index >= 15 is 0 Å². The third-order valence-corrected chi connectivity index (χ3v) is 3.77. The van der Waals surface area contributed by atoms with Gasteiger partial charge in [-0.3, -0.25) is 0 Å². The number of esters is 1. The monoisotopic (exact) mass is 312 g/mol. The van der Waals surface area contributed by atoms with Crippen LogP contribution in [0.5, 0.6) is 0 Å². The van der Waals surface area contributed by atoms with Gasteiger partial charge in [0.2, 0.25) is 0 Å². The number of carbonyl (C=O) groups excluding carboxylic acids is 1. The van der Waals surface area contributed by atoms with Gasteiger partial charge < -0.3 is 9.84 Å². The van der Waals surface area contributed by atoms with Gasteiger partial charge in [-0.15, -0.1) is 0 Å². The van der Waals surface area contributed by atoms with Crippen LogP contribution in [0.3, 0.4) is 0 Å². The minimum Gasteiger partial charge on any atom is -0.478 e. The van der Waals surface area contributed by atoms with Gasteiger partial charge in [-0.2, -0.15) is 0 Å². The normalized spacial score (nSPS) is 12.3. The molecule has 21 heavy (non-hydrogen) atoms. The van der Waals surface area contributed by atoms with Gasteiger partial charge in [0.1, 0.15) is 6.10 Å². The fraction of sp³-hybridized carbons (Fsp3) is 0.500. The summed E-state index contributed by atoms with van der Waals surface area (Å²) in [4.78, 5) is 23.6. The van der Waals surface area contributed by atoms with Gasteiger partial charge in [-0.25, -0.2) is 9.59 Å². The molecule has 0 aliphatic rings. The zero-order valence-corrected chi connectivity index (χ0v) is 13.5. The van der Waals surface area contributed by atoms with Gasteiger partial charge in [-0.1, -0.05) is 39.3 Å². The molecule has 0 bridgehead atoms. The minimum absolute atomic E-state index is 0.00352. The number of hydrogen-bond donors (Lipinski definition) is 1. The van der Waals surface area contributed by atoms with Crippen LogP contribution in [0.15, 0.2) is 12.1 Å². The van der Waals surface area contributed by atoms with Crippen molar-refractivity contribution in [3.63, 3.8) is 0 Å². The van der Waals surface area contributed by atoms with Crippen LogP contribution in [0.4, 0.5) is 0 Å². The molecule has 0 fully saturated rings. The molecule has 0 saturated carbocycles. The van der Waals surface area contributed by atoms with Gasteiger partial charge in [-0.05, 0) is 36.5 Å². The summed E-state index contributed by atoms with van der Waals surface area (Å²) in [6.45, 7) is 7.69. The summed E-state index contributed by atoms with van der Waals surface area (Å²) in [6, 6.07) is 2.83. The molecule has 0 heterocycles. The van der Waals surface area contributed by atoms with Gasteiger partial charge in [0.25, 0.3) is 0 Å². The van der Waals surface area contributed by atoms with Crippen molar-refractivity contribution in [3.8, 4) is 0 Å². The quantitative estimate of drug-likeness (QED) is 0.800. The molecule has 1 aromatic rings. The highest BCUT2D eigenvalue weighted by Gasteiger charge is 2.23. The Morgan fingerprint density at radius 2 is 1.86 bits per heavy atom. The number of carboxylic acid groups (broad SMARTS) is 1. The fourth-order valence-electron chi connectivity index (χ4n) is 2.13. The molecule has 0 aliphatic heterocycles. The van der Waals surface area contributed by atoms with E-state index in [4.69, 9.17) is 16.3 Å². The number of halogens is 1. The number of carbonyl (C=O) groups is 2. The molecule has 1 atom stereocenters. The summed E-state index contributed by atoms with van der Waals surface area (Å²) >= 11 is 6.08. The second-order valence-corrected chi connectivity index (χ2v) is 5.65. The Balaban J connectivity index is 3.19. The van der Waals surface area contributed by atoms with E-state index in [-0.39, 0.29) is 23.1 Å². The molecule has 1 unspecified atom stereocenters. The Morgan fingerprint density at radius 3 is 2.29 bits per heavy atom. The average molecular weight is 313 g/mol. The largest absolute Gasteiger partial charge is 0.478 e. The molecular formula is C16H21ClO4. The number of hydrogen-bond acceptors (Lipinski definition) is 3. The van der Waals surface area contributed by atoms with E-state index in [0.29, 0.717) is 23.4 Å². The molecule has 0 radical (unpaired) electrons. The lowest BCUT2D eigenvalue weighted by Gasteiger charge is -2.20. The predicted molar refractivity (Wildman–Crippen MR) is 82.1 cm³/mol. The SMILES string of the molecule is CCc1cc(C(=O)O)c(C(=O)OC(CC)C(C)C)cc1Cl. The summed E-state index contributed by atoms with van der Waals surface area (Å²) < 4.78 is 5.41. The molecule has 116 valence electrons. The number of aryl methyl sites for hydroxylation is 1. The Morgan fingerprint density at radius 1 is 1.24 bits per heavy atom. The smallest absolute Gasteiger partial charge is 0.339 e. The minimum atomic E-state index is -1.16. The van der Waals surface area contributed by atoms with E-state index in [9.17, 15) is 14.7 Å². The molecule has 0 spiro atoms. The van der Waals surface area contributed by atoms with E-state index < -0.39 is 11.9 Å². The Labute approximate surface area is 130 Å². The second-order valence-electron chi connectivity index (χ2n) is 5.24. The molecule has 0 aliphatic carbocycles. The fourth-order valence-corrected chi connectivity index (χ4v) is 2.42. The molecule has 0 amide bonds. The molecule has 5 heteroatoms. The highest BCUT2D eigenvalue weighted by molar-refractivity contribution is 6.32. The summed E-state index contributed by atoms with van der Waals surface area (Å²) in [5.74, 6) is -1.64. The second kappa shape index (κ2) is 7.46. The van der Waals surface area contributed by atoms with Crippen molar-refractivity contribution in [3.05, 3.63) is 33.8 Å². The number of rotatable bonds is 6. The molecule has 1 N–H and O–H groups in total. The highest BCUT2D eigenvalue weighted by atomic mass is 35.5. The topological polar surface area (TPSA) is 63.6 Å². The lowest BCUT2D eigenvalue weighted by molar-refractivity contribution is 0.0169. The lowest BCUT2D eigenvalue weighted by Crippen LogP contribution is -2.24. The van der Waals surface area contributed by atoms with Gasteiger partial charge in [0, 0.05) is 5.02 Å². The van der Waals surface area contributed by atoms with E-state index in [1.165, 1.54) is 12.1 Å². The van der Waals surface area contributed by atoms with Crippen LogP contribution in [0.2, 0.25) is 5.02 Å². The number of carboxylic acids is 1. The van der Waals surface area contributed by atoms with Crippen molar-refractivity contribution in [1.29, 1.82) is 0 Å². The van der Waals surface area contributed by atoms with Crippen LogP contribution in [-0.2, 0) is 11.2 Å². The predicted octanol–water partition coefficient (Wildman–Crippen LogP) is 4.19. The standard InChI is InChI=1S/C16H21ClO4/c1-5-10-7-11(15(18)19)12(8-13(10)17)16(20)21-14(6-2)9(3)4/h7-9,14H,5-6H2,1-4H3,(H,18,19). The maximum atomic E-state index is 12.3. The maximum absolute atomic E-state index is 12.3. The van der Waals surface area contributed by atoms with Crippen molar-refractivity contribution < 1.29 is 19.4 Å². The van der Waals surface area contributed by atoms with Crippen molar-refractivity contribution in [2.24, 2.45) is 5.92 Å². The number of benzene rings is 1. The Bertz CT molecular complexity index is 537. The third kappa shape index (κ3) is 4.21. The maximum Gasteiger partial charge on any atom is 0.339 e. The van der Waals surface area contributed by atoms with Gasteiger partial charge in [0.15, 0.2) is 0 Å². The van der Waals surface area contributed by atoms with Crippen LogP contribution in [0.1, 0.15) is 60.4 Å². The zero-order chi connectivity index (χ0) is 16.2. The van der Waals surface area contributed by atoms with Gasteiger partial charge in [0.05, 0.1) is 11.1 Å². The van der Waals surface area contributed by atoms with E-state index in [2.05, 4.69) is 0 Å². The van der Waals surface area contributed by atoms with Crippen LogP contribution >= 0.6 is 11.6 Å². The third-order valence-electron chi connectivity index (χ3n) is 3.42. The van der Waals surface area contributed by atoms with Crippen LogP contribution in [-0.4, -0.2) is 23.1 Å². The van der Waals surface area contributed by atoms with Crippen LogP contribution < -0.4 is 0 Å². The molecule has 1 aromatic carbocycles. The molecular weight excluding hydrogens is 292 g/mol. The first-order valence-electron chi connectivity index (χ1n) is 7.08. The van der Waals surface area contributed by atoms with Crippen molar-refractivity contribution in [1.82, 2.24) is 0 Å². The number of aromatic carboxylic acids is 1. The molecule has 4 nitrogen and oxygen atoms in total. The zero-order valence-electron chi connectivity index (χ0n) is 12.8. The summed E-state index contributed by atoms with van der Waals surface area (Å²) in [5, 5.41) is 9.66. The highest BCUT2D eigenvalue weighted by Crippen LogP contribution is 2.24. The summed E-state index contributed by atoms with van der Waals surface area (Å²) in [6.07, 6.45) is 1.02. The van der Waals surface area contributed by atoms with Crippen molar-refractivity contribution in [2.45, 2.75) is 46.6 Å². The van der Waals surface area contributed by atoms with Crippen LogP contribution in [0, 0.1) is 5.92 Å². The Kier molecular flexibility index (Phi) is 6.21. The number of ether oxygens (including phenoxy) is 1. The Hall–Kier alpha value is -1.55. The first-order chi connectivity index (χ1) is 9.81. The van der Waals surface area contributed by atoms with Crippen LogP contribution in [0.25, 0.3) is 0 Å². The van der Waals surface area contributed by atoms with E-state index in [1.54, 1.807) is 0 Å². The summed E-state index contributed by atoms with van der Waals surface area (Å²) in [7, 11) is 0. The average Bonchev–Trinajstić information content (AvgIpc) is 2.43. The molecule has 0 saturated heterocycles. The van der Waals surface area contributed by atoms with Crippen molar-refractivity contribution in [2.75, 3.05) is 0 Å². The van der Waals surface area contributed by atoms with Gasteiger partial charge >= 0.3 is 11.9 Å². The summed E-state index contributed by atoms with van der Waals surface area (Å²) in [5.41, 5.74) is 0.630.